The number of benzene rings is 1. The molecule has 2 unspecified atom stereocenters. The van der Waals surface area contributed by atoms with Crippen molar-refractivity contribution >= 4 is 23.1 Å². The third-order valence-corrected chi connectivity index (χ3v) is 5.31. The van der Waals surface area contributed by atoms with E-state index in [2.05, 4.69) is 16.8 Å². The number of hydrogen-bond donors (Lipinski definition) is 0. The van der Waals surface area contributed by atoms with Gasteiger partial charge in [0.2, 0.25) is 0 Å². The summed E-state index contributed by atoms with van der Waals surface area (Å²) >= 11 is 6.00. The van der Waals surface area contributed by atoms with Crippen LogP contribution in [0.3, 0.4) is 0 Å². The Morgan fingerprint density at radius 1 is 1.23 bits per heavy atom. The van der Waals surface area contributed by atoms with Gasteiger partial charge >= 0.3 is 0 Å². The molecule has 1 saturated heterocycles. The van der Waals surface area contributed by atoms with Crippen LogP contribution in [0.15, 0.2) is 36.4 Å². The molecule has 0 N–H and O–H groups in total. The molecular weight excluding hydrogens is 351 g/mol. The molecule has 1 aliphatic rings. The largest absolute Gasteiger partial charge is 0.354 e. The number of piperidine rings is 1. The first kappa shape index (κ1) is 17.3. The van der Waals surface area contributed by atoms with Crippen molar-refractivity contribution in [3.05, 3.63) is 58.4 Å². The zero-order valence-corrected chi connectivity index (χ0v) is 15.7. The summed E-state index contributed by atoms with van der Waals surface area (Å²) in [4.78, 5) is 6.70. The molecule has 4 rings (SSSR count). The maximum atomic E-state index is 13.9. The van der Waals surface area contributed by atoms with Gasteiger partial charge in [0.05, 0.1) is 12.2 Å². The molecule has 2 atom stereocenters. The Hall–Kier alpha value is -2.14. The van der Waals surface area contributed by atoms with E-state index in [0.717, 1.165) is 46.4 Å². The van der Waals surface area contributed by atoms with Crippen molar-refractivity contribution in [3.8, 4) is 0 Å². The van der Waals surface area contributed by atoms with Gasteiger partial charge in [0.1, 0.15) is 12.0 Å². The van der Waals surface area contributed by atoms with Gasteiger partial charge in [-0.1, -0.05) is 30.7 Å². The number of hydrogen-bond acceptors (Lipinski definition) is 3. The fourth-order valence-electron chi connectivity index (χ4n) is 3.59. The lowest BCUT2D eigenvalue weighted by Gasteiger charge is -2.31. The highest BCUT2D eigenvalue weighted by molar-refractivity contribution is 6.30. The second kappa shape index (κ2) is 6.88. The van der Waals surface area contributed by atoms with Crippen molar-refractivity contribution in [1.82, 2.24) is 14.6 Å². The van der Waals surface area contributed by atoms with Gasteiger partial charge in [-0.15, -0.1) is 0 Å². The van der Waals surface area contributed by atoms with Crippen LogP contribution in [0.25, 0.3) is 5.65 Å². The van der Waals surface area contributed by atoms with Crippen LogP contribution in [0.4, 0.5) is 10.2 Å². The SMILES string of the molecule is Cc1cc(N2CCCC(F)C2)n2nc(C(C)c3ccc(Cl)cc3)cc2n1. The van der Waals surface area contributed by atoms with Crippen molar-refractivity contribution < 1.29 is 4.39 Å². The van der Waals surface area contributed by atoms with E-state index >= 15 is 0 Å². The van der Waals surface area contributed by atoms with E-state index in [9.17, 15) is 4.39 Å². The van der Waals surface area contributed by atoms with Crippen molar-refractivity contribution in [2.75, 3.05) is 18.0 Å². The van der Waals surface area contributed by atoms with E-state index < -0.39 is 6.17 Å². The summed E-state index contributed by atoms with van der Waals surface area (Å²) in [6.45, 7) is 5.35. The molecule has 2 aromatic heterocycles. The lowest BCUT2D eigenvalue weighted by molar-refractivity contribution is 0.285. The zero-order valence-electron chi connectivity index (χ0n) is 15.0. The highest BCUT2D eigenvalue weighted by atomic mass is 35.5. The first-order valence-corrected chi connectivity index (χ1v) is 9.41. The third kappa shape index (κ3) is 3.28. The highest BCUT2D eigenvalue weighted by Crippen LogP contribution is 2.28. The second-order valence-corrected chi connectivity index (χ2v) is 7.49. The third-order valence-electron chi connectivity index (χ3n) is 5.06. The van der Waals surface area contributed by atoms with Crippen LogP contribution in [0.2, 0.25) is 5.02 Å². The summed E-state index contributed by atoms with van der Waals surface area (Å²) in [5.74, 6) is 1.04. The molecular formula is C20H22ClFN4. The van der Waals surface area contributed by atoms with Crippen molar-refractivity contribution in [2.24, 2.45) is 0 Å². The van der Waals surface area contributed by atoms with Gasteiger partial charge in [-0.2, -0.15) is 9.61 Å². The summed E-state index contributed by atoms with van der Waals surface area (Å²) in [7, 11) is 0. The predicted molar refractivity (Wildman–Crippen MR) is 103 cm³/mol. The summed E-state index contributed by atoms with van der Waals surface area (Å²) in [6, 6.07) is 11.9. The Morgan fingerprint density at radius 2 is 2.00 bits per heavy atom. The molecule has 0 spiro atoms. The van der Waals surface area contributed by atoms with Crippen molar-refractivity contribution in [3.63, 3.8) is 0 Å². The number of halogens is 2. The van der Waals surface area contributed by atoms with Gasteiger partial charge in [0, 0.05) is 35.3 Å². The quantitative estimate of drug-likeness (QED) is 0.663. The van der Waals surface area contributed by atoms with Gasteiger partial charge < -0.3 is 4.90 Å². The van der Waals surface area contributed by atoms with Crippen LogP contribution in [0.1, 0.15) is 42.6 Å². The van der Waals surface area contributed by atoms with Crippen LogP contribution in [0.5, 0.6) is 0 Å². The first-order valence-electron chi connectivity index (χ1n) is 9.03. The molecule has 1 fully saturated rings. The summed E-state index contributed by atoms with van der Waals surface area (Å²) in [5.41, 5.74) is 3.81. The maximum absolute atomic E-state index is 13.9. The number of rotatable bonds is 3. The maximum Gasteiger partial charge on any atom is 0.157 e. The molecule has 0 saturated carbocycles. The molecule has 0 bridgehead atoms. The Bertz CT molecular complexity index is 921. The minimum absolute atomic E-state index is 0.123. The Kier molecular flexibility index (Phi) is 4.57. The molecule has 1 aliphatic heterocycles. The van der Waals surface area contributed by atoms with E-state index in [0.29, 0.717) is 13.0 Å². The molecule has 26 heavy (non-hydrogen) atoms. The number of aromatic nitrogens is 3. The number of aryl methyl sites for hydroxylation is 1. The van der Waals surface area contributed by atoms with Gasteiger partial charge in [-0.3, -0.25) is 0 Å². The minimum atomic E-state index is -0.782. The monoisotopic (exact) mass is 372 g/mol. The van der Waals surface area contributed by atoms with Crippen LogP contribution in [0, 0.1) is 6.92 Å². The lowest BCUT2D eigenvalue weighted by Crippen LogP contribution is -2.37. The average Bonchev–Trinajstić information content (AvgIpc) is 3.05. The summed E-state index contributed by atoms with van der Waals surface area (Å²) in [6.07, 6.45) is 0.719. The molecule has 1 aromatic carbocycles. The summed E-state index contributed by atoms with van der Waals surface area (Å²) in [5, 5.41) is 5.53. The molecule has 0 radical (unpaired) electrons. The van der Waals surface area contributed by atoms with E-state index in [1.165, 1.54) is 0 Å². The van der Waals surface area contributed by atoms with E-state index in [1.54, 1.807) is 0 Å². The minimum Gasteiger partial charge on any atom is -0.354 e. The van der Waals surface area contributed by atoms with Crippen molar-refractivity contribution in [2.45, 2.75) is 38.8 Å². The molecule has 136 valence electrons. The average molecular weight is 373 g/mol. The van der Waals surface area contributed by atoms with Gasteiger partial charge in [-0.25, -0.2) is 9.37 Å². The Labute approximate surface area is 157 Å². The van der Waals surface area contributed by atoms with E-state index in [4.69, 9.17) is 16.7 Å². The highest BCUT2D eigenvalue weighted by Gasteiger charge is 2.23. The molecule has 4 nitrogen and oxygen atoms in total. The van der Waals surface area contributed by atoms with E-state index in [-0.39, 0.29) is 5.92 Å². The lowest BCUT2D eigenvalue weighted by atomic mass is 9.98. The van der Waals surface area contributed by atoms with Gasteiger partial charge in [0.25, 0.3) is 0 Å². The number of anilines is 1. The van der Waals surface area contributed by atoms with Crippen LogP contribution in [-0.4, -0.2) is 33.9 Å². The molecule has 3 aromatic rings. The topological polar surface area (TPSA) is 33.4 Å². The molecule has 0 amide bonds. The van der Waals surface area contributed by atoms with Crippen LogP contribution < -0.4 is 4.90 Å². The molecule has 0 aliphatic carbocycles. The standard InChI is InChI=1S/C20H22ClFN4/c1-13-10-20(25-9-3-4-17(22)12-25)26-19(23-13)11-18(24-26)14(2)15-5-7-16(21)8-6-15/h5-8,10-11,14,17H,3-4,9,12H2,1-2H3. The van der Waals surface area contributed by atoms with Gasteiger partial charge in [-0.05, 0) is 37.5 Å². The molecule has 3 heterocycles. The van der Waals surface area contributed by atoms with Crippen molar-refractivity contribution in [1.29, 1.82) is 0 Å². The van der Waals surface area contributed by atoms with Crippen LogP contribution >= 0.6 is 11.6 Å². The van der Waals surface area contributed by atoms with Crippen LogP contribution in [-0.2, 0) is 0 Å². The fraction of sp³-hybridized carbons (Fsp3) is 0.400. The number of nitrogens with zero attached hydrogens (tertiary/aromatic N) is 4. The Morgan fingerprint density at radius 3 is 2.73 bits per heavy atom. The number of alkyl halides is 1. The summed E-state index contributed by atoms with van der Waals surface area (Å²) < 4.78 is 15.8. The number of fused-ring (bicyclic) bond motifs is 1. The smallest absolute Gasteiger partial charge is 0.157 e. The fourth-order valence-corrected chi connectivity index (χ4v) is 3.72. The normalized spacial score (nSPS) is 19.1. The second-order valence-electron chi connectivity index (χ2n) is 7.05. The van der Waals surface area contributed by atoms with E-state index in [1.807, 2.05) is 47.8 Å². The van der Waals surface area contributed by atoms with Gasteiger partial charge in [0.15, 0.2) is 5.65 Å². The molecule has 6 heteroatoms. The first-order chi connectivity index (χ1) is 12.5. The Balaban J connectivity index is 1.74. The zero-order chi connectivity index (χ0) is 18.3. The predicted octanol–water partition coefficient (Wildman–Crippen LogP) is 4.78.